The predicted octanol–water partition coefficient (Wildman–Crippen LogP) is 1.24. The summed E-state index contributed by atoms with van der Waals surface area (Å²) in [6, 6.07) is 6.63. The van der Waals surface area contributed by atoms with Crippen molar-refractivity contribution < 1.29 is 19.4 Å². The van der Waals surface area contributed by atoms with Gasteiger partial charge in [-0.25, -0.2) is 0 Å². The molecule has 0 heterocycles. The maximum atomic E-state index is 11.0. The van der Waals surface area contributed by atoms with E-state index >= 15 is 0 Å². The highest BCUT2D eigenvalue weighted by atomic mass is 16.5. The number of benzene rings is 1. The van der Waals surface area contributed by atoms with Crippen LogP contribution in [0.4, 0.5) is 5.69 Å². The Morgan fingerprint density at radius 1 is 1.35 bits per heavy atom. The third-order valence-corrected chi connectivity index (χ3v) is 2.20. The number of rotatable bonds is 4. The van der Waals surface area contributed by atoms with Crippen molar-refractivity contribution in [3.63, 3.8) is 0 Å². The maximum absolute atomic E-state index is 11.0. The first kappa shape index (κ1) is 13.2. The molecular formula is C12H15NO4. The molecule has 17 heavy (non-hydrogen) atoms. The highest BCUT2D eigenvalue weighted by Crippen LogP contribution is 2.19. The molecule has 1 atom stereocenters. The smallest absolute Gasteiger partial charge is 0.308 e. The van der Waals surface area contributed by atoms with Crippen LogP contribution in [0.25, 0.3) is 0 Å². The minimum atomic E-state index is -0.895. The third-order valence-electron chi connectivity index (χ3n) is 2.20. The summed E-state index contributed by atoms with van der Waals surface area (Å²) >= 11 is 0. The van der Waals surface area contributed by atoms with Gasteiger partial charge in [0.05, 0.1) is 19.6 Å². The number of anilines is 1. The fourth-order valence-electron chi connectivity index (χ4n) is 1.35. The summed E-state index contributed by atoms with van der Waals surface area (Å²) in [5.74, 6) is -0.628. The molecule has 0 aliphatic rings. The van der Waals surface area contributed by atoms with Crippen molar-refractivity contribution >= 4 is 17.6 Å². The van der Waals surface area contributed by atoms with Gasteiger partial charge in [0.15, 0.2) is 0 Å². The summed E-state index contributed by atoms with van der Waals surface area (Å²) in [7, 11) is 1.27. The molecule has 0 saturated heterocycles. The monoisotopic (exact) mass is 237 g/mol. The van der Waals surface area contributed by atoms with E-state index in [9.17, 15) is 14.7 Å². The first-order chi connectivity index (χ1) is 8.02. The Bertz CT molecular complexity index is 399. The summed E-state index contributed by atoms with van der Waals surface area (Å²) < 4.78 is 4.46. The highest BCUT2D eigenvalue weighted by Gasteiger charge is 2.12. The molecule has 5 heteroatoms. The number of esters is 1. The van der Waals surface area contributed by atoms with Crippen LogP contribution in [0.2, 0.25) is 0 Å². The van der Waals surface area contributed by atoms with E-state index in [2.05, 4.69) is 10.1 Å². The molecular weight excluding hydrogens is 222 g/mol. The summed E-state index contributed by atoms with van der Waals surface area (Å²) in [5.41, 5.74) is 1.25. The van der Waals surface area contributed by atoms with Gasteiger partial charge in [-0.05, 0) is 17.7 Å². The molecule has 0 bridgehead atoms. The Balaban J connectivity index is 2.66. The van der Waals surface area contributed by atoms with E-state index in [4.69, 9.17) is 0 Å². The predicted molar refractivity (Wildman–Crippen MR) is 62.3 cm³/mol. The Labute approximate surface area is 99.4 Å². The quantitative estimate of drug-likeness (QED) is 0.772. The van der Waals surface area contributed by atoms with Crippen molar-refractivity contribution in [2.75, 3.05) is 12.4 Å². The lowest BCUT2D eigenvalue weighted by molar-refractivity contribution is -0.142. The second kappa shape index (κ2) is 6.00. The Morgan fingerprint density at radius 3 is 2.41 bits per heavy atom. The molecule has 1 amide bonds. The second-order valence-electron chi connectivity index (χ2n) is 3.60. The molecule has 0 radical (unpaired) electrons. The lowest BCUT2D eigenvalue weighted by Crippen LogP contribution is -2.09. The van der Waals surface area contributed by atoms with E-state index < -0.39 is 12.1 Å². The number of amides is 1. The lowest BCUT2D eigenvalue weighted by atomic mass is 10.1. The van der Waals surface area contributed by atoms with E-state index in [1.165, 1.54) is 14.0 Å². The molecule has 0 saturated carbocycles. The van der Waals surface area contributed by atoms with Crippen molar-refractivity contribution in [3.8, 4) is 0 Å². The minimum absolute atomic E-state index is 0.0873. The number of ether oxygens (including phenoxy) is 1. The lowest BCUT2D eigenvalue weighted by Gasteiger charge is -2.10. The third kappa shape index (κ3) is 4.24. The molecule has 0 fully saturated rings. The maximum Gasteiger partial charge on any atom is 0.308 e. The zero-order chi connectivity index (χ0) is 12.8. The topological polar surface area (TPSA) is 75.6 Å². The molecule has 0 aliphatic carbocycles. The van der Waals surface area contributed by atoms with Crippen LogP contribution in [0.3, 0.4) is 0 Å². The molecule has 92 valence electrons. The number of nitrogens with one attached hydrogen (secondary N) is 1. The zero-order valence-electron chi connectivity index (χ0n) is 9.77. The van der Waals surface area contributed by atoms with Crippen molar-refractivity contribution in [2.45, 2.75) is 19.4 Å². The normalized spacial score (nSPS) is 11.7. The molecule has 1 unspecified atom stereocenters. The number of carbonyl (C=O) groups excluding carboxylic acids is 2. The van der Waals surface area contributed by atoms with E-state index in [0.717, 1.165) is 0 Å². The Morgan fingerprint density at radius 2 is 1.94 bits per heavy atom. The highest BCUT2D eigenvalue weighted by molar-refractivity contribution is 5.88. The molecule has 2 N–H and O–H groups in total. The van der Waals surface area contributed by atoms with Gasteiger partial charge in [-0.1, -0.05) is 12.1 Å². The van der Waals surface area contributed by atoms with Crippen LogP contribution in [-0.2, 0) is 14.3 Å². The first-order valence-corrected chi connectivity index (χ1v) is 5.15. The summed E-state index contributed by atoms with van der Waals surface area (Å²) in [6.07, 6.45) is -0.982. The summed E-state index contributed by atoms with van der Waals surface area (Å²) in [6.45, 7) is 1.42. The van der Waals surface area contributed by atoms with Gasteiger partial charge in [-0.3, -0.25) is 9.59 Å². The van der Waals surface area contributed by atoms with E-state index in [1.54, 1.807) is 24.3 Å². The second-order valence-corrected chi connectivity index (χ2v) is 3.60. The van der Waals surface area contributed by atoms with Gasteiger partial charge in [0.25, 0.3) is 0 Å². The van der Waals surface area contributed by atoms with Gasteiger partial charge in [-0.2, -0.15) is 0 Å². The van der Waals surface area contributed by atoms with E-state index in [1.807, 2.05) is 0 Å². The van der Waals surface area contributed by atoms with Crippen LogP contribution in [0.5, 0.6) is 0 Å². The van der Waals surface area contributed by atoms with Gasteiger partial charge in [-0.15, -0.1) is 0 Å². The largest absolute Gasteiger partial charge is 0.469 e. The summed E-state index contributed by atoms with van der Waals surface area (Å²) in [4.78, 5) is 21.8. The van der Waals surface area contributed by atoms with Gasteiger partial charge in [0.2, 0.25) is 5.91 Å². The van der Waals surface area contributed by atoms with Crippen LogP contribution in [-0.4, -0.2) is 24.1 Å². The summed E-state index contributed by atoms with van der Waals surface area (Å²) in [5, 5.41) is 12.3. The molecule has 0 spiro atoms. The average molecular weight is 237 g/mol. The fourth-order valence-corrected chi connectivity index (χ4v) is 1.35. The van der Waals surface area contributed by atoms with Crippen molar-refractivity contribution in [3.05, 3.63) is 29.8 Å². The molecule has 1 aromatic carbocycles. The number of hydrogen-bond acceptors (Lipinski definition) is 4. The Hall–Kier alpha value is -1.88. The number of aliphatic hydroxyl groups is 1. The van der Waals surface area contributed by atoms with Gasteiger partial charge >= 0.3 is 5.97 Å². The molecule has 0 aliphatic heterocycles. The van der Waals surface area contributed by atoms with Crippen molar-refractivity contribution in [2.24, 2.45) is 0 Å². The molecule has 1 rings (SSSR count). The fraction of sp³-hybridized carbons (Fsp3) is 0.333. The van der Waals surface area contributed by atoms with E-state index in [-0.39, 0.29) is 12.3 Å². The number of carbonyl (C=O) groups is 2. The van der Waals surface area contributed by atoms with Crippen LogP contribution >= 0.6 is 0 Å². The average Bonchev–Trinajstić information content (AvgIpc) is 2.28. The number of methoxy groups -OCH3 is 1. The van der Waals surface area contributed by atoms with Crippen LogP contribution < -0.4 is 5.32 Å². The standard InChI is InChI=1S/C12H15NO4/c1-8(14)13-10-5-3-9(4-6-10)11(15)7-12(16)17-2/h3-6,11,15H,7H2,1-2H3,(H,13,14). The van der Waals surface area contributed by atoms with Crippen LogP contribution in [0.1, 0.15) is 25.0 Å². The SMILES string of the molecule is COC(=O)CC(O)c1ccc(NC(C)=O)cc1. The zero-order valence-corrected chi connectivity index (χ0v) is 9.77. The van der Waals surface area contributed by atoms with Crippen LogP contribution in [0, 0.1) is 0 Å². The van der Waals surface area contributed by atoms with Gasteiger partial charge in [0.1, 0.15) is 0 Å². The molecule has 1 aromatic rings. The van der Waals surface area contributed by atoms with Gasteiger partial charge < -0.3 is 15.2 Å². The van der Waals surface area contributed by atoms with Crippen LogP contribution in [0.15, 0.2) is 24.3 Å². The van der Waals surface area contributed by atoms with Crippen molar-refractivity contribution in [1.82, 2.24) is 0 Å². The molecule has 5 nitrogen and oxygen atoms in total. The molecule has 0 aromatic heterocycles. The van der Waals surface area contributed by atoms with Crippen molar-refractivity contribution in [1.29, 1.82) is 0 Å². The first-order valence-electron chi connectivity index (χ1n) is 5.15. The number of aliphatic hydroxyl groups excluding tert-OH is 1. The Kier molecular flexibility index (Phi) is 4.66. The van der Waals surface area contributed by atoms with E-state index in [0.29, 0.717) is 11.3 Å². The minimum Gasteiger partial charge on any atom is -0.469 e. The number of hydrogen-bond donors (Lipinski definition) is 2. The van der Waals surface area contributed by atoms with Gasteiger partial charge in [0, 0.05) is 12.6 Å².